The molecule has 0 aromatic rings. The van der Waals surface area contributed by atoms with Crippen LogP contribution in [0.15, 0.2) is 12.7 Å². The molecule has 0 spiro atoms. The van der Waals surface area contributed by atoms with E-state index in [-0.39, 0.29) is 34.7 Å². The third kappa shape index (κ3) is 4.05. The van der Waals surface area contributed by atoms with Gasteiger partial charge in [0, 0.05) is 21.8 Å². The molecule has 1 fully saturated rings. The molecule has 114 valence electrons. The molecular weight excluding hydrogens is 256 g/mol. The van der Waals surface area contributed by atoms with E-state index in [2.05, 4.69) is 11.9 Å². The molecule has 0 radical (unpaired) electrons. The maximum atomic E-state index is 12.6. The fourth-order valence-electron chi connectivity index (χ4n) is 3.18. The molecular formula is C15H26N2O3. The highest BCUT2D eigenvalue weighted by Gasteiger charge is 2.50. The van der Waals surface area contributed by atoms with Gasteiger partial charge in [-0.25, -0.2) is 0 Å². The van der Waals surface area contributed by atoms with Crippen molar-refractivity contribution in [1.29, 1.82) is 0 Å². The van der Waals surface area contributed by atoms with Crippen LogP contribution in [0.4, 0.5) is 0 Å². The van der Waals surface area contributed by atoms with E-state index in [9.17, 15) is 14.9 Å². The van der Waals surface area contributed by atoms with Crippen LogP contribution >= 0.6 is 0 Å². The maximum absolute atomic E-state index is 12.6. The van der Waals surface area contributed by atoms with Gasteiger partial charge in [0.2, 0.25) is 12.5 Å². The highest BCUT2D eigenvalue weighted by Crippen LogP contribution is 2.48. The molecule has 1 aliphatic carbocycles. The zero-order valence-corrected chi connectivity index (χ0v) is 12.9. The molecule has 1 aliphatic rings. The van der Waals surface area contributed by atoms with Crippen LogP contribution in [0.3, 0.4) is 0 Å². The Morgan fingerprint density at radius 2 is 2.15 bits per heavy atom. The number of hydrogen-bond acceptors (Lipinski definition) is 3. The van der Waals surface area contributed by atoms with Gasteiger partial charge in [0.25, 0.3) is 0 Å². The molecule has 3 atom stereocenters. The van der Waals surface area contributed by atoms with Gasteiger partial charge in [0.05, 0.1) is 0 Å². The summed E-state index contributed by atoms with van der Waals surface area (Å²) in [5.41, 5.74) is -0.831. The molecule has 20 heavy (non-hydrogen) atoms. The van der Waals surface area contributed by atoms with Crippen molar-refractivity contribution in [2.75, 3.05) is 6.54 Å². The molecule has 1 saturated carbocycles. The molecule has 0 aromatic carbocycles. The van der Waals surface area contributed by atoms with Crippen LogP contribution in [-0.4, -0.2) is 22.9 Å². The van der Waals surface area contributed by atoms with Gasteiger partial charge in [-0.3, -0.25) is 14.9 Å². The minimum absolute atomic E-state index is 0.00250. The summed E-state index contributed by atoms with van der Waals surface area (Å²) in [4.78, 5) is 23.0. The van der Waals surface area contributed by atoms with E-state index >= 15 is 0 Å². The summed E-state index contributed by atoms with van der Waals surface area (Å²) < 4.78 is 0. The predicted molar refractivity (Wildman–Crippen MR) is 78.9 cm³/mol. The van der Waals surface area contributed by atoms with Crippen molar-refractivity contribution >= 4 is 5.91 Å². The molecule has 0 saturated heterocycles. The molecule has 0 unspecified atom stereocenters. The van der Waals surface area contributed by atoms with Crippen LogP contribution in [0.1, 0.15) is 47.0 Å². The van der Waals surface area contributed by atoms with Gasteiger partial charge in [-0.05, 0) is 46.0 Å². The largest absolute Gasteiger partial charge is 0.351 e. The lowest BCUT2D eigenvalue weighted by molar-refractivity contribution is -0.488. The Bertz CT molecular complexity index is 400. The van der Waals surface area contributed by atoms with Crippen molar-refractivity contribution in [3.63, 3.8) is 0 Å². The average molecular weight is 282 g/mol. The summed E-state index contributed by atoms with van der Waals surface area (Å²) in [5, 5.41) is 13.7. The lowest BCUT2D eigenvalue weighted by Crippen LogP contribution is -2.49. The van der Waals surface area contributed by atoms with Crippen molar-refractivity contribution in [1.82, 2.24) is 5.32 Å². The normalized spacial score (nSPS) is 30.0. The molecule has 0 bridgehead atoms. The van der Waals surface area contributed by atoms with E-state index in [1.165, 1.54) is 0 Å². The van der Waals surface area contributed by atoms with Crippen molar-refractivity contribution in [3.8, 4) is 0 Å². The van der Waals surface area contributed by atoms with E-state index < -0.39 is 5.41 Å². The molecule has 0 heterocycles. The van der Waals surface area contributed by atoms with Crippen molar-refractivity contribution < 1.29 is 9.72 Å². The number of nitrogens with one attached hydrogen (secondary N) is 1. The van der Waals surface area contributed by atoms with Gasteiger partial charge < -0.3 is 5.32 Å². The fraction of sp³-hybridized carbons (Fsp3) is 0.800. The van der Waals surface area contributed by atoms with Gasteiger partial charge in [-0.1, -0.05) is 13.0 Å². The number of carbonyl (C=O) groups excluding carboxylic acids is 1. The Kier molecular flexibility index (Phi) is 4.95. The summed E-state index contributed by atoms with van der Waals surface area (Å²) in [5.74, 6) is 0.112. The van der Waals surface area contributed by atoms with E-state index in [0.717, 1.165) is 12.8 Å². The lowest BCUT2D eigenvalue weighted by atomic mass is 9.76. The van der Waals surface area contributed by atoms with Crippen molar-refractivity contribution in [3.05, 3.63) is 22.8 Å². The van der Waals surface area contributed by atoms with E-state index in [1.807, 2.05) is 33.8 Å². The zero-order chi connectivity index (χ0) is 15.6. The second kappa shape index (κ2) is 5.94. The lowest BCUT2D eigenvalue weighted by Gasteiger charge is -2.33. The second-order valence-corrected chi connectivity index (χ2v) is 7.16. The highest BCUT2D eigenvalue weighted by atomic mass is 16.6. The molecule has 0 aliphatic heterocycles. The minimum atomic E-state index is -0.540. The Balaban J connectivity index is 2.89. The highest BCUT2D eigenvalue weighted by molar-refractivity contribution is 5.83. The SMILES string of the molecule is C=CC[C@@H]1C[C@@H](C[N+](=O)[O-])C[C@@]1(C)C(=O)NC(C)(C)C. The molecule has 1 amide bonds. The smallest absolute Gasteiger partial charge is 0.226 e. The quantitative estimate of drug-likeness (QED) is 0.479. The second-order valence-electron chi connectivity index (χ2n) is 7.16. The predicted octanol–water partition coefficient (Wildman–Crippen LogP) is 2.79. The summed E-state index contributed by atoms with van der Waals surface area (Å²) in [6, 6.07) is 0. The van der Waals surface area contributed by atoms with E-state index in [0.29, 0.717) is 6.42 Å². The molecule has 1 N–H and O–H groups in total. The topological polar surface area (TPSA) is 72.2 Å². The molecule has 5 heteroatoms. The Labute approximate surface area is 121 Å². The summed E-state index contributed by atoms with van der Waals surface area (Å²) in [6.07, 6.45) is 3.83. The first-order valence-electron chi connectivity index (χ1n) is 7.14. The van der Waals surface area contributed by atoms with Gasteiger partial charge in [-0.2, -0.15) is 0 Å². The maximum Gasteiger partial charge on any atom is 0.226 e. The van der Waals surface area contributed by atoms with Gasteiger partial charge in [-0.15, -0.1) is 6.58 Å². The monoisotopic (exact) mass is 282 g/mol. The number of nitrogens with zero attached hydrogens (tertiary/aromatic N) is 1. The van der Waals surface area contributed by atoms with Crippen molar-refractivity contribution in [2.45, 2.75) is 52.5 Å². The Morgan fingerprint density at radius 1 is 1.55 bits per heavy atom. The third-order valence-corrected chi connectivity index (χ3v) is 4.10. The van der Waals surface area contributed by atoms with Crippen LogP contribution in [0.2, 0.25) is 0 Å². The molecule has 1 rings (SSSR count). The first-order chi connectivity index (χ1) is 9.08. The van der Waals surface area contributed by atoms with Gasteiger partial charge in [0.1, 0.15) is 0 Å². The van der Waals surface area contributed by atoms with Crippen LogP contribution in [0, 0.1) is 27.4 Å². The number of allylic oxidation sites excluding steroid dienone is 1. The van der Waals surface area contributed by atoms with Crippen LogP contribution in [-0.2, 0) is 4.79 Å². The minimum Gasteiger partial charge on any atom is -0.351 e. The first kappa shape index (κ1) is 16.7. The fourth-order valence-corrected chi connectivity index (χ4v) is 3.18. The van der Waals surface area contributed by atoms with Crippen LogP contribution in [0.25, 0.3) is 0 Å². The number of nitro groups is 1. The molecule has 0 aromatic heterocycles. The number of carbonyl (C=O) groups is 1. The van der Waals surface area contributed by atoms with Gasteiger partial charge >= 0.3 is 0 Å². The summed E-state index contributed by atoms with van der Waals surface area (Å²) in [7, 11) is 0. The van der Waals surface area contributed by atoms with Crippen molar-refractivity contribution in [2.24, 2.45) is 17.3 Å². The number of hydrogen-bond donors (Lipinski definition) is 1. The first-order valence-corrected chi connectivity index (χ1v) is 7.14. The van der Waals surface area contributed by atoms with E-state index in [1.54, 1.807) is 0 Å². The average Bonchev–Trinajstić information content (AvgIpc) is 2.53. The Hall–Kier alpha value is -1.39. The zero-order valence-electron chi connectivity index (χ0n) is 12.9. The van der Waals surface area contributed by atoms with Gasteiger partial charge in [0.15, 0.2) is 0 Å². The van der Waals surface area contributed by atoms with E-state index in [4.69, 9.17) is 0 Å². The standard InChI is InChI=1S/C15H26N2O3/c1-6-7-12-8-11(10-17(19)20)9-15(12,5)13(18)16-14(2,3)4/h6,11-12H,1,7-10H2,2-5H3,(H,16,18)/t11-,12-,15-/m1/s1. The molecule has 5 nitrogen and oxygen atoms in total. The van der Waals surface area contributed by atoms with Crippen LogP contribution in [0.5, 0.6) is 0 Å². The summed E-state index contributed by atoms with van der Waals surface area (Å²) >= 11 is 0. The third-order valence-electron chi connectivity index (χ3n) is 4.10. The summed E-state index contributed by atoms with van der Waals surface area (Å²) in [6.45, 7) is 11.5. The Morgan fingerprint density at radius 3 is 2.60 bits per heavy atom. The number of amides is 1. The number of rotatable bonds is 5. The van der Waals surface area contributed by atoms with Crippen LogP contribution < -0.4 is 5.32 Å².